The Balaban J connectivity index is 1.87. The largest absolute Gasteiger partial charge is 0.355 e. The van der Waals surface area contributed by atoms with Crippen molar-refractivity contribution in [1.82, 2.24) is 25.8 Å². The number of non-ortho nitro benzene ring substituents is 1. The van der Waals surface area contributed by atoms with Gasteiger partial charge >= 0.3 is 6.03 Å². The van der Waals surface area contributed by atoms with Crippen LogP contribution in [0.15, 0.2) is 24.3 Å². The normalized spacial score (nSPS) is 25.9. The molecular weight excluding hydrogens is 424 g/mol. The van der Waals surface area contributed by atoms with E-state index in [-0.39, 0.29) is 23.3 Å². The zero-order valence-electron chi connectivity index (χ0n) is 17.5. The van der Waals surface area contributed by atoms with E-state index < -0.39 is 34.6 Å². The highest BCUT2D eigenvalue weighted by atomic mass is 32.2. The number of nitro groups is 1. The first kappa shape index (κ1) is 23.0. The molecule has 2 heterocycles. The fourth-order valence-electron chi connectivity index (χ4n) is 3.69. The van der Waals surface area contributed by atoms with E-state index in [1.54, 1.807) is 19.2 Å². The lowest BCUT2D eigenvalue weighted by atomic mass is 9.96. The van der Waals surface area contributed by atoms with Crippen LogP contribution in [0.2, 0.25) is 0 Å². The monoisotopic (exact) mass is 450 g/mol. The number of hydrogen-bond acceptors (Lipinski definition) is 8. The number of imide groups is 1. The van der Waals surface area contributed by atoms with Crippen LogP contribution in [0.1, 0.15) is 25.1 Å². The Morgan fingerprint density at radius 3 is 2.71 bits per heavy atom. The lowest BCUT2D eigenvalue weighted by Crippen LogP contribution is -2.72. The van der Waals surface area contributed by atoms with Crippen LogP contribution < -0.4 is 16.0 Å². The summed E-state index contributed by atoms with van der Waals surface area (Å²) in [7, 11) is 3.03. The quantitative estimate of drug-likeness (QED) is 0.411. The fourth-order valence-corrected chi connectivity index (χ4v) is 4.83. The van der Waals surface area contributed by atoms with E-state index in [4.69, 9.17) is 0 Å². The molecule has 168 valence electrons. The predicted molar refractivity (Wildman–Crippen MR) is 115 cm³/mol. The number of rotatable bonds is 7. The van der Waals surface area contributed by atoms with Gasteiger partial charge in [-0.25, -0.2) is 4.79 Å². The van der Waals surface area contributed by atoms with E-state index in [0.717, 1.165) is 11.3 Å². The molecule has 2 aliphatic rings. The van der Waals surface area contributed by atoms with Gasteiger partial charge in [-0.1, -0.05) is 19.1 Å². The second-order valence-electron chi connectivity index (χ2n) is 7.46. The Morgan fingerprint density at radius 2 is 2.03 bits per heavy atom. The third-order valence-electron chi connectivity index (χ3n) is 5.34. The summed E-state index contributed by atoms with van der Waals surface area (Å²) in [4.78, 5) is 50.8. The zero-order valence-corrected chi connectivity index (χ0v) is 18.3. The smallest absolute Gasteiger partial charge is 0.327 e. The van der Waals surface area contributed by atoms with Gasteiger partial charge < -0.3 is 10.2 Å². The van der Waals surface area contributed by atoms with Crippen LogP contribution in [0, 0.1) is 16.0 Å². The maximum absolute atomic E-state index is 12.9. The van der Waals surface area contributed by atoms with Crippen LogP contribution in [0.4, 0.5) is 10.5 Å². The summed E-state index contributed by atoms with van der Waals surface area (Å²) in [5.41, 5.74) is 0.538. The highest BCUT2D eigenvalue weighted by Crippen LogP contribution is 2.34. The van der Waals surface area contributed by atoms with E-state index in [2.05, 4.69) is 16.0 Å². The van der Waals surface area contributed by atoms with Crippen LogP contribution >= 0.6 is 11.8 Å². The minimum atomic E-state index is -0.633. The van der Waals surface area contributed by atoms with E-state index >= 15 is 0 Å². The van der Waals surface area contributed by atoms with E-state index in [9.17, 15) is 24.5 Å². The highest BCUT2D eigenvalue weighted by Gasteiger charge is 2.51. The molecule has 1 aromatic rings. The van der Waals surface area contributed by atoms with Gasteiger partial charge in [0.15, 0.2) is 0 Å². The van der Waals surface area contributed by atoms with E-state index in [1.165, 1.54) is 35.8 Å². The van der Waals surface area contributed by atoms with E-state index in [0.29, 0.717) is 12.1 Å². The first-order chi connectivity index (χ1) is 14.7. The van der Waals surface area contributed by atoms with Crippen LogP contribution in [-0.4, -0.2) is 70.5 Å². The number of nitro benzene ring substituents is 1. The molecule has 4 unspecified atom stereocenters. The number of hydrogen-bond donors (Lipinski definition) is 3. The topological polar surface area (TPSA) is 137 Å². The van der Waals surface area contributed by atoms with Crippen molar-refractivity contribution < 1.29 is 19.3 Å². The molecule has 1 aromatic carbocycles. The average molecular weight is 451 g/mol. The number of carbonyl (C=O) groups is 3. The highest BCUT2D eigenvalue weighted by molar-refractivity contribution is 8.00. The van der Waals surface area contributed by atoms with Crippen molar-refractivity contribution in [2.24, 2.45) is 5.92 Å². The number of nitrogens with zero attached hydrogens (tertiary/aromatic N) is 3. The van der Waals surface area contributed by atoms with Gasteiger partial charge in [-0.2, -0.15) is 0 Å². The van der Waals surface area contributed by atoms with E-state index in [1.807, 2.05) is 6.92 Å². The molecule has 4 amide bonds. The molecule has 11 nitrogen and oxygen atoms in total. The number of urea groups is 1. The standard InChI is InChI=1S/C19H26N6O5S/c1-4-8-20-13(26)10-31-17-14-16(23(2)19(28)24(3)18(14)27)21-15(22-17)11-6-5-7-12(9-11)25(29)30/h5-7,9,14-17,21-22H,4,8,10H2,1-3H3,(H,20,26). The SMILES string of the molecule is CCCNC(=O)CSC1NC(c2cccc([N+](=O)[O-])c2)NC2C1C(=O)N(C)C(=O)N2C. The Morgan fingerprint density at radius 1 is 1.29 bits per heavy atom. The Bertz CT molecular complexity index is 883. The third-order valence-corrected chi connectivity index (χ3v) is 6.55. The number of fused-ring (bicyclic) bond motifs is 1. The summed E-state index contributed by atoms with van der Waals surface area (Å²) in [6.07, 6.45) is -0.362. The summed E-state index contributed by atoms with van der Waals surface area (Å²) < 4.78 is 0. The van der Waals surface area contributed by atoms with Gasteiger partial charge in [0.05, 0.1) is 34.3 Å². The van der Waals surface area contributed by atoms with Crippen molar-refractivity contribution in [3.8, 4) is 0 Å². The molecule has 4 atom stereocenters. The summed E-state index contributed by atoms with van der Waals surface area (Å²) in [6.45, 7) is 2.53. The first-order valence-electron chi connectivity index (χ1n) is 9.93. The second kappa shape index (κ2) is 9.62. The molecule has 0 aromatic heterocycles. The van der Waals surface area contributed by atoms with Gasteiger partial charge in [0, 0.05) is 32.8 Å². The number of nitrogens with one attached hydrogen (secondary N) is 3. The number of benzene rings is 1. The molecule has 3 N–H and O–H groups in total. The maximum Gasteiger partial charge on any atom is 0.327 e. The lowest BCUT2D eigenvalue weighted by molar-refractivity contribution is -0.385. The molecule has 2 aliphatic heterocycles. The molecule has 0 radical (unpaired) electrons. The Kier molecular flexibility index (Phi) is 7.13. The number of thioether (sulfide) groups is 1. The molecular formula is C19H26N6O5S. The molecule has 0 saturated carbocycles. The second-order valence-corrected chi connectivity index (χ2v) is 8.59. The fraction of sp³-hybridized carbons (Fsp3) is 0.526. The Labute approximate surface area is 184 Å². The molecule has 2 fully saturated rings. The first-order valence-corrected chi connectivity index (χ1v) is 11.0. The third kappa shape index (κ3) is 4.81. The number of amides is 4. The van der Waals surface area contributed by atoms with Crippen molar-refractivity contribution in [2.45, 2.75) is 31.0 Å². The minimum absolute atomic E-state index is 0.0599. The van der Waals surface area contributed by atoms with Crippen LogP contribution in [0.3, 0.4) is 0 Å². The average Bonchev–Trinajstić information content (AvgIpc) is 2.77. The van der Waals surface area contributed by atoms with Gasteiger partial charge in [-0.15, -0.1) is 11.8 Å². The van der Waals surface area contributed by atoms with Crippen LogP contribution in [-0.2, 0) is 9.59 Å². The summed E-state index contributed by atoms with van der Waals surface area (Å²) in [5.74, 6) is -0.989. The van der Waals surface area contributed by atoms with Gasteiger partial charge in [-0.05, 0) is 12.0 Å². The van der Waals surface area contributed by atoms with Crippen molar-refractivity contribution in [3.05, 3.63) is 39.9 Å². The van der Waals surface area contributed by atoms with Crippen LogP contribution in [0.25, 0.3) is 0 Å². The molecule has 31 heavy (non-hydrogen) atoms. The molecule has 0 spiro atoms. The molecule has 0 bridgehead atoms. The van der Waals surface area contributed by atoms with Crippen LogP contribution in [0.5, 0.6) is 0 Å². The molecule has 12 heteroatoms. The Hall–Kier alpha value is -2.70. The molecule has 0 aliphatic carbocycles. The van der Waals surface area contributed by atoms with Crippen molar-refractivity contribution in [3.63, 3.8) is 0 Å². The van der Waals surface area contributed by atoms with Gasteiger partial charge in [0.1, 0.15) is 0 Å². The maximum atomic E-state index is 12.9. The number of carbonyl (C=O) groups excluding carboxylic acids is 3. The van der Waals surface area contributed by atoms with Gasteiger partial charge in [-0.3, -0.25) is 35.2 Å². The predicted octanol–water partition coefficient (Wildman–Crippen LogP) is 0.838. The van der Waals surface area contributed by atoms with Crippen molar-refractivity contribution in [2.75, 3.05) is 26.4 Å². The lowest BCUT2D eigenvalue weighted by Gasteiger charge is -2.50. The minimum Gasteiger partial charge on any atom is -0.355 e. The zero-order chi connectivity index (χ0) is 22.7. The molecule has 3 rings (SSSR count). The summed E-state index contributed by atoms with van der Waals surface area (Å²) >= 11 is 1.28. The molecule has 2 saturated heterocycles. The van der Waals surface area contributed by atoms with Crippen molar-refractivity contribution >= 4 is 35.3 Å². The van der Waals surface area contributed by atoms with Gasteiger partial charge in [0.2, 0.25) is 11.8 Å². The summed E-state index contributed by atoms with van der Waals surface area (Å²) in [6, 6.07) is 5.71. The summed E-state index contributed by atoms with van der Waals surface area (Å²) in [5, 5.41) is 20.0. The van der Waals surface area contributed by atoms with Crippen molar-refractivity contribution in [1.29, 1.82) is 0 Å². The van der Waals surface area contributed by atoms with Gasteiger partial charge in [0.25, 0.3) is 5.69 Å².